The largest absolute Gasteiger partial charge is 0.399 e. The SMILES string of the molecule is Cc1csc(N2CCN(C(=O)CCc3ccccc3N)CC2)n1.Cl.Cl. The third-order valence-corrected chi connectivity index (χ3v) is 5.19. The van der Waals surface area contributed by atoms with Crippen molar-refractivity contribution in [1.82, 2.24) is 9.88 Å². The van der Waals surface area contributed by atoms with Crippen LogP contribution in [0.5, 0.6) is 0 Å². The summed E-state index contributed by atoms with van der Waals surface area (Å²) in [5.74, 6) is 0.211. The van der Waals surface area contributed by atoms with Crippen LogP contribution >= 0.6 is 36.2 Å². The van der Waals surface area contributed by atoms with Crippen molar-refractivity contribution >= 4 is 52.9 Å². The van der Waals surface area contributed by atoms with Crippen molar-refractivity contribution in [1.29, 1.82) is 0 Å². The Morgan fingerprint density at radius 1 is 1.20 bits per heavy atom. The average Bonchev–Trinajstić information content (AvgIpc) is 3.00. The fourth-order valence-corrected chi connectivity index (χ4v) is 3.65. The minimum Gasteiger partial charge on any atom is -0.399 e. The van der Waals surface area contributed by atoms with E-state index in [4.69, 9.17) is 5.73 Å². The lowest BCUT2D eigenvalue weighted by Gasteiger charge is -2.34. The predicted molar refractivity (Wildman–Crippen MR) is 109 cm³/mol. The zero-order chi connectivity index (χ0) is 16.2. The number of benzene rings is 1. The molecule has 0 aliphatic carbocycles. The summed E-state index contributed by atoms with van der Waals surface area (Å²) in [6, 6.07) is 7.76. The lowest BCUT2D eigenvalue weighted by atomic mass is 10.1. The number of thiazole rings is 1. The quantitative estimate of drug-likeness (QED) is 0.797. The molecule has 8 heteroatoms. The van der Waals surface area contributed by atoms with Crippen molar-refractivity contribution in [2.75, 3.05) is 36.8 Å². The molecule has 1 fully saturated rings. The summed E-state index contributed by atoms with van der Waals surface area (Å²) in [5.41, 5.74) is 8.81. The second-order valence-electron chi connectivity index (χ2n) is 5.84. The third-order valence-electron chi connectivity index (χ3n) is 4.17. The van der Waals surface area contributed by atoms with Crippen LogP contribution in [0, 0.1) is 6.92 Å². The molecule has 5 nitrogen and oxygen atoms in total. The van der Waals surface area contributed by atoms with Gasteiger partial charge in [0, 0.05) is 43.7 Å². The number of hydrogen-bond acceptors (Lipinski definition) is 5. The number of para-hydroxylation sites is 1. The van der Waals surface area contributed by atoms with E-state index in [9.17, 15) is 4.79 Å². The highest BCUT2D eigenvalue weighted by molar-refractivity contribution is 7.13. The summed E-state index contributed by atoms with van der Waals surface area (Å²) >= 11 is 1.67. The zero-order valence-electron chi connectivity index (χ0n) is 14.2. The Morgan fingerprint density at radius 3 is 2.48 bits per heavy atom. The van der Waals surface area contributed by atoms with Crippen molar-refractivity contribution in [3.8, 4) is 0 Å². The molecule has 0 unspecified atom stereocenters. The number of nitrogen functional groups attached to an aromatic ring is 1. The summed E-state index contributed by atoms with van der Waals surface area (Å²) in [5, 5.41) is 3.13. The molecule has 25 heavy (non-hydrogen) atoms. The van der Waals surface area contributed by atoms with Gasteiger partial charge in [0.15, 0.2) is 5.13 Å². The molecular formula is C17H24Cl2N4OS. The number of carbonyl (C=O) groups excluding carboxylic acids is 1. The van der Waals surface area contributed by atoms with Gasteiger partial charge in [-0.05, 0) is 25.0 Å². The summed E-state index contributed by atoms with van der Waals surface area (Å²) in [4.78, 5) is 21.1. The standard InChI is InChI=1S/C17H22N4OS.2ClH/c1-13-12-23-17(19-13)21-10-8-20(9-11-21)16(22)7-6-14-4-2-3-5-15(14)18;;/h2-5,12H,6-11,18H2,1H3;2*1H. The van der Waals surface area contributed by atoms with Gasteiger partial charge in [0.2, 0.25) is 5.91 Å². The van der Waals surface area contributed by atoms with Crippen molar-refractivity contribution in [2.45, 2.75) is 19.8 Å². The molecule has 3 rings (SSSR count). The van der Waals surface area contributed by atoms with Gasteiger partial charge in [-0.3, -0.25) is 4.79 Å². The first-order valence-electron chi connectivity index (χ1n) is 7.92. The summed E-state index contributed by atoms with van der Waals surface area (Å²) in [7, 11) is 0. The van der Waals surface area contributed by atoms with E-state index in [2.05, 4.69) is 15.3 Å². The monoisotopic (exact) mass is 402 g/mol. The number of piperazine rings is 1. The van der Waals surface area contributed by atoms with E-state index in [1.54, 1.807) is 11.3 Å². The number of rotatable bonds is 4. The lowest BCUT2D eigenvalue weighted by molar-refractivity contribution is -0.131. The number of aryl methyl sites for hydroxylation is 2. The number of nitrogens with zero attached hydrogens (tertiary/aromatic N) is 3. The normalized spacial score (nSPS) is 13.8. The van der Waals surface area contributed by atoms with E-state index in [1.165, 1.54) is 0 Å². The summed E-state index contributed by atoms with van der Waals surface area (Å²) in [6.45, 7) is 5.25. The van der Waals surface area contributed by atoms with Crippen molar-refractivity contribution in [3.63, 3.8) is 0 Å². The molecule has 1 aromatic carbocycles. The molecule has 1 aliphatic rings. The van der Waals surface area contributed by atoms with E-state index in [0.29, 0.717) is 12.8 Å². The highest BCUT2D eigenvalue weighted by Gasteiger charge is 2.22. The highest BCUT2D eigenvalue weighted by atomic mass is 35.5. The first kappa shape index (κ1) is 21.5. The maximum Gasteiger partial charge on any atom is 0.223 e. The van der Waals surface area contributed by atoms with Crippen molar-refractivity contribution < 1.29 is 4.79 Å². The van der Waals surface area contributed by atoms with Crippen LogP contribution in [-0.2, 0) is 11.2 Å². The average molecular weight is 403 g/mol. The molecule has 2 N–H and O–H groups in total. The molecule has 0 atom stereocenters. The number of carbonyl (C=O) groups is 1. The van der Waals surface area contributed by atoms with E-state index in [0.717, 1.165) is 48.3 Å². The molecule has 1 aliphatic heterocycles. The van der Waals surface area contributed by atoms with Crippen LogP contribution in [0.15, 0.2) is 29.6 Å². The molecule has 2 aromatic rings. The Balaban J connectivity index is 0.00000156. The van der Waals surface area contributed by atoms with Gasteiger partial charge in [0.05, 0.1) is 5.69 Å². The van der Waals surface area contributed by atoms with E-state index in [1.807, 2.05) is 36.1 Å². The Labute approximate surface area is 165 Å². The van der Waals surface area contributed by atoms with Crippen LogP contribution in [0.4, 0.5) is 10.8 Å². The Hall–Kier alpha value is -1.50. The third kappa shape index (κ3) is 5.49. The molecule has 0 spiro atoms. The van der Waals surface area contributed by atoms with Crippen LogP contribution < -0.4 is 10.6 Å². The van der Waals surface area contributed by atoms with E-state index >= 15 is 0 Å². The van der Waals surface area contributed by atoms with Gasteiger partial charge in [-0.1, -0.05) is 18.2 Å². The summed E-state index contributed by atoms with van der Waals surface area (Å²) < 4.78 is 0. The number of anilines is 2. The van der Waals surface area contributed by atoms with Gasteiger partial charge in [-0.25, -0.2) is 4.98 Å². The van der Waals surface area contributed by atoms with Gasteiger partial charge in [0.1, 0.15) is 0 Å². The number of amides is 1. The smallest absolute Gasteiger partial charge is 0.223 e. The topological polar surface area (TPSA) is 62.5 Å². The Kier molecular flexibility index (Phi) is 8.48. The highest BCUT2D eigenvalue weighted by Crippen LogP contribution is 2.21. The van der Waals surface area contributed by atoms with Crippen LogP contribution in [0.1, 0.15) is 17.7 Å². The van der Waals surface area contributed by atoms with Crippen LogP contribution in [0.3, 0.4) is 0 Å². The molecule has 0 bridgehead atoms. The van der Waals surface area contributed by atoms with E-state index < -0.39 is 0 Å². The summed E-state index contributed by atoms with van der Waals surface area (Å²) in [6.07, 6.45) is 1.22. The van der Waals surface area contributed by atoms with E-state index in [-0.39, 0.29) is 30.7 Å². The van der Waals surface area contributed by atoms with Crippen LogP contribution in [-0.4, -0.2) is 42.0 Å². The Morgan fingerprint density at radius 2 is 1.88 bits per heavy atom. The van der Waals surface area contributed by atoms with Gasteiger partial charge in [-0.15, -0.1) is 36.2 Å². The maximum atomic E-state index is 12.4. The zero-order valence-corrected chi connectivity index (χ0v) is 16.6. The second-order valence-corrected chi connectivity index (χ2v) is 6.67. The van der Waals surface area contributed by atoms with Gasteiger partial charge in [-0.2, -0.15) is 0 Å². The van der Waals surface area contributed by atoms with Gasteiger partial charge < -0.3 is 15.5 Å². The maximum absolute atomic E-state index is 12.4. The molecule has 1 aromatic heterocycles. The first-order chi connectivity index (χ1) is 11.1. The van der Waals surface area contributed by atoms with Crippen molar-refractivity contribution in [2.24, 2.45) is 0 Å². The molecular weight excluding hydrogens is 379 g/mol. The number of nitrogens with two attached hydrogens (primary N) is 1. The fraction of sp³-hybridized carbons (Fsp3) is 0.412. The minimum atomic E-state index is 0. The molecule has 1 amide bonds. The number of aromatic nitrogens is 1. The number of halogens is 2. The molecule has 0 radical (unpaired) electrons. The predicted octanol–water partition coefficient (Wildman–Crippen LogP) is 3.16. The minimum absolute atomic E-state index is 0. The first-order valence-corrected chi connectivity index (χ1v) is 8.79. The van der Waals surface area contributed by atoms with Gasteiger partial charge >= 0.3 is 0 Å². The molecule has 1 saturated heterocycles. The lowest BCUT2D eigenvalue weighted by Crippen LogP contribution is -2.48. The molecule has 0 saturated carbocycles. The van der Waals surface area contributed by atoms with Gasteiger partial charge in [0.25, 0.3) is 0 Å². The van der Waals surface area contributed by atoms with Crippen LogP contribution in [0.25, 0.3) is 0 Å². The Bertz CT molecular complexity index is 687. The van der Waals surface area contributed by atoms with Crippen LogP contribution in [0.2, 0.25) is 0 Å². The van der Waals surface area contributed by atoms with Crippen molar-refractivity contribution in [3.05, 3.63) is 40.9 Å². The number of hydrogen-bond donors (Lipinski definition) is 1. The molecule has 2 heterocycles. The second kappa shape index (κ2) is 9.85. The fourth-order valence-electron chi connectivity index (χ4n) is 2.80. The molecule has 138 valence electrons.